The highest BCUT2D eigenvalue weighted by molar-refractivity contribution is 5.96. The second kappa shape index (κ2) is 8.33. The molecule has 2 nitrogen and oxygen atoms in total. The summed E-state index contributed by atoms with van der Waals surface area (Å²) in [5, 5.41) is 1.46. The van der Waals surface area contributed by atoms with E-state index in [2.05, 4.69) is 63.7 Å². The van der Waals surface area contributed by atoms with E-state index < -0.39 is 0 Å². The summed E-state index contributed by atoms with van der Waals surface area (Å²) in [7, 11) is 0. The lowest BCUT2D eigenvalue weighted by Gasteiger charge is -2.29. The SMILES string of the molecule is C1=C2C[n+]3cc(-c4c(C5CCCCC5)cccc4C4CCCCC4)n4c5ccccc5c(c2c43)CC1. The Bertz CT molecular complexity index is 1490. The third-order valence-corrected chi connectivity index (χ3v) is 9.92. The molecule has 36 heavy (non-hydrogen) atoms. The molecule has 0 atom stereocenters. The van der Waals surface area contributed by atoms with Gasteiger partial charge in [0.05, 0.1) is 5.56 Å². The van der Waals surface area contributed by atoms with Gasteiger partial charge < -0.3 is 0 Å². The normalized spacial score (nSPS) is 20.4. The van der Waals surface area contributed by atoms with Gasteiger partial charge in [-0.2, -0.15) is 4.40 Å². The Morgan fingerprint density at radius 2 is 1.42 bits per heavy atom. The standard InChI is InChI=1S/C34H37N2/c1-3-11-23(12-4-1)26-17-10-18-27(24-13-5-2-6-14-24)33(26)31-22-35-21-25-15-9-19-29-28-16-7-8-20-30(28)36(31)34(35)32(25)29/h7-8,10,15-18,20,22-24H,1-6,9,11-14,19,21H2/q+1. The summed E-state index contributed by atoms with van der Waals surface area (Å²) in [5.41, 5.74) is 13.8. The van der Waals surface area contributed by atoms with Gasteiger partial charge in [-0.3, -0.25) is 0 Å². The van der Waals surface area contributed by atoms with Crippen LogP contribution in [-0.2, 0) is 13.0 Å². The Morgan fingerprint density at radius 1 is 0.722 bits per heavy atom. The summed E-state index contributed by atoms with van der Waals surface area (Å²) in [6.45, 7) is 1.03. The molecular formula is C34H37N2+. The quantitative estimate of drug-likeness (QED) is 0.264. The summed E-state index contributed by atoms with van der Waals surface area (Å²) in [4.78, 5) is 0. The third kappa shape index (κ3) is 3.06. The lowest BCUT2D eigenvalue weighted by atomic mass is 9.76. The van der Waals surface area contributed by atoms with E-state index in [4.69, 9.17) is 0 Å². The van der Waals surface area contributed by atoms with Crippen LogP contribution < -0.4 is 4.57 Å². The van der Waals surface area contributed by atoms with E-state index in [0.717, 1.165) is 6.54 Å². The number of pyridine rings is 1. The lowest BCUT2D eigenvalue weighted by Crippen LogP contribution is -2.28. The number of rotatable bonds is 3. The molecule has 182 valence electrons. The highest BCUT2D eigenvalue weighted by Crippen LogP contribution is 2.47. The molecule has 4 aromatic rings. The molecule has 4 aliphatic rings. The molecule has 2 aromatic carbocycles. The van der Waals surface area contributed by atoms with Gasteiger partial charge in [0.1, 0.15) is 18.3 Å². The zero-order valence-electron chi connectivity index (χ0n) is 21.4. The zero-order valence-corrected chi connectivity index (χ0v) is 21.4. The van der Waals surface area contributed by atoms with Crippen molar-refractivity contribution in [1.29, 1.82) is 0 Å². The number of hydrogen-bond donors (Lipinski definition) is 0. The van der Waals surface area contributed by atoms with Crippen LogP contribution in [0.4, 0.5) is 0 Å². The van der Waals surface area contributed by atoms with Gasteiger partial charge in [0.25, 0.3) is 5.65 Å². The number of imidazole rings is 1. The monoisotopic (exact) mass is 473 g/mol. The number of hydrogen-bond acceptors (Lipinski definition) is 0. The van der Waals surface area contributed by atoms with Crippen molar-refractivity contribution in [2.75, 3.05) is 0 Å². The summed E-state index contributed by atoms with van der Waals surface area (Å²) < 4.78 is 5.26. The molecule has 0 amide bonds. The Morgan fingerprint density at radius 3 is 2.14 bits per heavy atom. The maximum Gasteiger partial charge on any atom is 0.295 e. The zero-order chi connectivity index (χ0) is 23.6. The van der Waals surface area contributed by atoms with E-state index >= 15 is 0 Å². The Hall–Kier alpha value is -2.87. The number of fused-ring (bicyclic) bond motifs is 3. The van der Waals surface area contributed by atoms with Gasteiger partial charge in [0, 0.05) is 16.5 Å². The minimum Gasteiger partial charge on any atom is -0.225 e. The highest BCUT2D eigenvalue weighted by atomic mass is 15.1. The average Bonchev–Trinajstić information content (AvgIpc) is 3.50. The van der Waals surface area contributed by atoms with E-state index in [-0.39, 0.29) is 0 Å². The molecule has 2 heteroatoms. The van der Waals surface area contributed by atoms with Crippen LogP contribution in [-0.4, -0.2) is 4.40 Å². The number of nitrogens with zero attached hydrogens (tertiary/aromatic N) is 2. The van der Waals surface area contributed by atoms with Crippen LogP contribution >= 0.6 is 0 Å². The average molecular weight is 474 g/mol. The van der Waals surface area contributed by atoms with Gasteiger partial charge in [-0.05, 0) is 73.1 Å². The summed E-state index contributed by atoms with van der Waals surface area (Å²) in [5.74, 6) is 1.41. The van der Waals surface area contributed by atoms with Crippen LogP contribution in [0.15, 0.2) is 54.7 Å². The number of allylic oxidation sites excluding steroid dienone is 2. The molecule has 3 heterocycles. The largest absolute Gasteiger partial charge is 0.295 e. The first-order valence-electron chi connectivity index (χ1n) is 14.7. The molecule has 2 aromatic heterocycles. The molecule has 3 aliphatic carbocycles. The van der Waals surface area contributed by atoms with E-state index in [1.165, 1.54) is 99.3 Å². The van der Waals surface area contributed by atoms with Crippen molar-refractivity contribution in [3.05, 3.63) is 77.0 Å². The fourth-order valence-electron chi connectivity index (χ4n) is 8.31. The Labute approximate surface area is 214 Å². The van der Waals surface area contributed by atoms with E-state index in [0.29, 0.717) is 11.8 Å². The van der Waals surface area contributed by atoms with E-state index in [9.17, 15) is 0 Å². The van der Waals surface area contributed by atoms with Crippen molar-refractivity contribution >= 4 is 22.1 Å². The first kappa shape index (κ1) is 21.2. The van der Waals surface area contributed by atoms with Crippen LogP contribution in [0.2, 0.25) is 0 Å². The number of para-hydroxylation sites is 1. The third-order valence-electron chi connectivity index (χ3n) is 9.92. The fraction of sp³-hybridized carbons (Fsp3) is 0.441. The maximum atomic E-state index is 2.67. The molecule has 0 saturated heterocycles. The van der Waals surface area contributed by atoms with Gasteiger partial charge >= 0.3 is 0 Å². The van der Waals surface area contributed by atoms with Gasteiger partial charge in [-0.25, -0.2) is 4.57 Å². The molecule has 0 bridgehead atoms. The summed E-state index contributed by atoms with van der Waals surface area (Å²) >= 11 is 0. The summed E-state index contributed by atoms with van der Waals surface area (Å²) in [6.07, 6.45) is 21.2. The number of aromatic nitrogens is 2. The van der Waals surface area contributed by atoms with Crippen LogP contribution in [0.1, 0.15) is 105 Å². The minimum absolute atomic E-state index is 0.707. The molecular weight excluding hydrogens is 436 g/mol. The van der Waals surface area contributed by atoms with Crippen molar-refractivity contribution in [2.24, 2.45) is 0 Å². The fourth-order valence-corrected chi connectivity index (χ4v) is 8.31. The maximum absolute atomic E-state index is 2.67. The Kier molecular flexibility index (Phi) is 4.92. The van der Waals surface area contributed by atoms with Gasteiger partial charge in [-0.15, -0.1) is 0 Å². The van der Waals surface area contributed by atoms with Crippen LogP contribution in [0.5, 0.6) is 0 Å². The van der Waals surface area contributed by atoms with Crippen molar-refractivity contribution in [3.8, 4) is 11.3 Å². The van der Waals surface area contributed by atoms with E-state index in [1.807, 2.05) is 0 Å². The molecule has 2 saturated carbocycles. The smallest absolute Gasteiger partial charge is 0.225 e. The lowest BCUT2D eigenvalue weighted by molar-refractivity contribution is -0.653. The first-order chi connectivity index (χ1) is 17.9. The van der Waals surface area contributed by atoms with Crippen molar-refractivity contribution in [1.82, 2.24) is 4.40 Å². The topological polar surface area (TPSA) is 8.29 Å². The predicted molar refractivity (Wildman–Crippen MR) is 148 cm³/mol. The number of benzene rings is 2. The highest BCUT2D eigenvalue weighted by Gasteiger charge is 2.38. The molecule has 1 aliphatic heterocycles. The number of aryl methyl sites for hydroxylation is 1. The molecule has 0 unspecified atom stereocenters. The van der Waals surface area contributed by atoms with Crippen LogP contribution in [0.25, 0.3) is 33.4 Å². The summed E-state index contributed by atoms with van der Waals surface area (Å²) in [6, 6.07) is 16.6. The van der Waals surface area contributed by atoms with Gasteiger partial charge in [-0.1, -0.05) is 81.0 Å². The molecule has 0 spiro atoms. The Balaban J connectivity index is 1.46. The van der Waals surface area contributed by atoms with Gasteiger partial charge in [0.2, 0.25) is 0 Å². The van der Waals surface area contributed by atoms with Crippen molar-refractivity contribution < 1.29 is 4.57 Å². The molecule has 8 rings (SSSR count). The molecule has 0 N–H and O–H groups in total. The molecule has 2 fully saturated rings. The van der Waals surface area contributed by atoms with Crippen LogP contribution in [0, 0.1) is 0 Å². The van der Waals surface area contributed by atoms with Crippen molar-refractivity contribution in [3.63, 3.8) is 0 Å². The minimum atomic E-state index is 0.707. The van der Waals surface area contributed by atoms with E-state index in [1.54, 1.807) is 33.4 Å². The first-order valence-corrected chi connectivity index (χ1v) is 14.7. The second-order valence-electron chi connectivity index (χ2n) is 11.9. The second-order valence-corrected chi connectivity index (χ2v) is 11.9. The van der Waals surface area contributed by atoms with Crippen LogP contribution in [0.3, 0.4) is 0 Å². The van der Waals surface area contributed by atoms with Crippen molar-refractivity contribution in [2.45, 2.75) is 95.4 Å². The van der Waals surface area contributed by atoms with Gasteiger partial charge in [0.15, 0.2) is 5.69 Å². The predicted octanol–water partition coefficient (Wildman–Crippen LogP) is 8.49. The molecule has 0 radical (unpaired) electrons.